The molecule has 0 saturated heterocycles. The minimum absolute atomic E-state index is 0.743. The van der Waals surface area contributed by atoms with Crippen molar-refractivity contribution in [3.8, 4) is 22.6 Å². The van der Waals surface area contributed by atoms with Crippen molar-refractivity contribution in [2.24, 2.45) is 0 Å². The second-order valence-corrected chi connectivity index (χ2v) is 4.55. The molecule has 0 fully saturated rings. The summed E-state index contributed by atoms with van der Waals surface area (Å²) < 4.78 is 0. The Hall–Kier alpha value is -2.55. The van der Waals surface area contributed by atoms with E-state index in [1.807, 2.05) is 49.4 Å². The van der Waals surface area contributed by atoms with Gasteiger partial charge in [-0.25, -0.2) is 4.98 Å². The molecule has 0 bridgehead atoms. The predicted molar refractivity (Wildman–Crippen MR) is 78.6 cm³/mol. The number of benzene rings is 2. The van der Waals surface area contributed by atoms with Gasteiger partial charge in [0, 0.05) is 22.5 Å². The number of imidazole rings is 1. The number of rotatable bonds is 2. The first-order chi connectivity index (χ1) is 9.24. The molecule has 0 amide bonds. The van der Waals surface area contributed by atoms with E-state index in [1.54, 1.807) is 0 Å². The van der Waals surface area contributed by atoms with Crippen LogP contribution < -0.4 is 5.73 Å². The largest absolute Gasteiger partial charge is 0.399 e. The van der Waals surface area contributed by atoms with E-state index in [4.69, 9.17) is 5.73 Å². The average molecular weight is 249 g/mol. The number of nitrogens with two attached hydrogens (primary N) is 1. The molecule has 3 rings (SSSR count). The Morgan fingerprint density at radius 3 is 2.42 bits per heavy atom. The fourth-order valence-corrected chi connectivity index (χ4v) is 2.16. The van der Waals surface area contributed by atoms with Crippen molar-refractivity contribution >= 4 is 5.69 Å². The Kier molecular flexibility index (Phi) is 2.80. The molecule has 2 aromatic carbocycles. The van der Waals surface area contributed by atoms with Crippen molar-refractivity contribution in [3.63, 3.8) is 0 Å². The lowest BCUT2D eigenvalue weighted by Gasteiger charge is -1.98. The first kappa shape index (κ1) is 11.5. The molecule has 94 valence electrons. The number of hydrogen-bond acceptors (Lipinski definition) is 2. The van der Waals surface area contributed by atoms with E-state index < -0.39 is 0 Å². The normalized spacial score (nSPS) is 10.6. The number of aryl methyl sites for hydroxylation is 1. The molecule has 3 N–H and O–H groups in total. The summed E-state index contributed by atoms with van der Waals surface area (Å²) in [6, 6.07) is 17.9. The second kappa shape index (κ2) is 4.61. The molecule has 0 aliphatic heterocycles. The molecule has 0 saturated carbocycles. The lowest BCUT2D eigenvalue weighted by atomic mass is 10.1. The summed E-state index contributed by atoms with van der Waals surface area (Å²) in [5.74, 6) is 0.851. The number of nitrogens with one attached hydrogen (secondary N) is 1. The molecular formula is C16H15N3. The average Bonchev–Trinajstić information content (AvgIpc) is 2.82. The standard InChI is InChI=1S/C16H15N3/c1-11-15(12-6-3-2-4-7-12)19-16(18-11)13-8-5-9-14(17)10-13/h2-10H,17H2,1H3,(H,18,19). The number of aromatic nitrogens is 2. The van der Waals surface area contributed by atoms with Gasteiger partial charge >= 0.3 is 0 Å². The molecule has 0 unspecified atom stereocenters. The number of anilines is 1. The van der Waals surface area contributed by atoms with Crippen LogP contribution in [0, 0.1) is 6.92 Å². The molecule has 0 spiro atoms. The Morgan fingerprint density at radius 1 is 0.947 bits per heavy atom. The predicted octanol–water partition coefficient (Wildman–Crippen LogP) is 3.63. The van der Waals surface area contributed by atoms with Crippen LogP contribution >= 0.6 is 0 Å². The van der Waals surface area contributed by atoms with E-state index in [-0.39, 0.29) is 0 Å². The van der Waals surface area contributed by atoms with E-state index in [1.165, 1.54) is 0 Å². The Bertz CT molecular complexity index is 699. The lowest BCUT2D eigenvalue weighted by molar-refractivity contribution is 1.26. The van der Waals surface area contributed by atoms with Crippen LogP contribution in [0.25, 0.3) is 22.6 Å². The third-order valence-electron chi connectivity index (χ3n) is 3.09. The highest BCUT2D eigenvalue weighted by molar-refractivity contribution is 5.68. The number of nitrogens with zero attached hydrogens (tertiary/aromatic N) is 1. The second-order valence-electron chi connectivity index (χ2n) is 4.55. The SMILES string of the molecule is Cc1[nH]c(-c2cccc(N)c2)nc1-c1ccccc1. The zero-order valence-corrected chi connectivity index (χ0v) is 10.7. The zero-order valence-electron chi connectivity index (χ0n) is 10.7. The number of H-pyrrole nitrogens is 1. The number of nitrogen functional groups attached to an aromatic ring is 1. The molecule has 3 aromatic rings. The highest BCUT2D eigenvalue weighted by atomic mass is 14.9. The van der Waals surface area contributed by atoms with Crippen LogP contribution in [0.3, 0.4) is 0 Å². The van der Waals surface area contributed by atoms with Crippen LogP contribution in [-0.2, 0) is 0 Å². The van der Waals surface area contributed by atoms with Crippen LogP contribution in [0.4, 0.5) is 5.69 Å². The van der Waals surface area contributed by atoms with Crippen LogP contribution in [0.1, 0.15) is 5.69 Å². The van der Waals surface area contributed by atoms with Crippen LogP contribution in [0.5, 0.6) is 0 Å². The molecule has 3 nitrogen and oxygen atoms in total. The molecule has 0 radical (unpaired) electrons. The minimum Gasteiger partial charge on any atom is -0.399 e. The van der Waals surface area contributed by atoms with Crippen molar-refractivity contribution in [3.05, 3.63) is 60.3 Å². The third kappa shape index (κ3) is 2.22. The van der Waals surface area contributed by atoms with Gasteiger partial charge in [-0.2, -0.15) is 0 Å². The summed E-state index contributed by atoms with van der Waals surface area (Å²) in [6.07, 6.45) is 0. The monoisotopic (exact) mass is 249 g/mol. The van der Waals surface area contributed by atoms with Gasteiger partial charge < -0.3 is 10.7 Å². The maximum Gasteiger partial charge on any atom is 0.138 e. The van der Waals surface area contributed by atoms with Crippen molar-refractivity contribution in [1.82, 2.24) is 9.97 Å². The van der Waals surface area contributed by atoms with Gasteiger partial charge in [-0.15, -0.1) is 0 Å². The highest BCUT2D eigenvalue weighted by Crippen LogP contribution is 2.26. The molecule has 0 atom stereocenters. The van der Waals surface area contributed by atoms with Gasteiger partial charge in [0.25, 0.3) is 0 Å². The number of hydrogen-bond donors (Lipinski definition) is 2. The first-order valence-electron chi connectivity index (χ1n) is 6.22. The molecule has 3 heteroatoms. The lowest BCUT2D eigenvalue weighted by Crippen LogP contribution is -1.86. The maximum atomic E-state index is 5.81. The Morgan fingerprint density at radius 2 is 1.68 bits per heavy atom. The van der Waals surface area contributed by atoms with Crippen molar-refractivity contribution < 1.29 is 0 Å². The van der Waals surface area contributed by atoms with Gasteiger partial charge in [0.15, 0.2) is 0 Å². The summed E-state index contributed by atoms with van der Waals surface area (Å²) in [6.45, 7) is 2.03. The van der Waals surface area contributed by atoms with Gasteiger partial charge in [0.05, 0.1) is 5.69 Å². The molecule has 19 heavy (non-hydrogen) atoms. The molecule has 1 aromatic heterocycles. The zero-order chi connectivity index (χ0) is 13.2. The quantitative estimate of drug-likeness (QED) is 0.681. The Labute approximate surface area is 112 Å². The summed E-state index contributed by atoms with van der Waals surface area (Å²) in [5.41, 5.74) is 10.7. The summed E-state index contributed by atoms with van der Waals surface area (Å²) in [4.78, 5) is 8.00. The van der Waals surface area contributed by atoms with E-state index in [0.717, 1.165) is 34.0 Å². The summed E-state index contributed by atoms with van der Waals surface area (Å²) in [5, 5.41) is 0. The van der Waals surface area contributed by atoms with Gasteiger partial charge in [-0.05, 0) is 19.1 Å². The minimum atomic E-state index is 0.743. The van der Waals surface area contributed by atoms with Crippen LogP contribution in [0.2, 0.25) is 0 Å². The molecule has 0 aliphatic rings. The van der Waals surface area contributed by atoms with Crippen molar-refractivity contribution in [2.75, 3.05) is 5.73 Å². The van der Waals surface area contributed by atoms with Gasteiger partial charge in [0.2, 0.25) is 0 Å². The topological polar surface area (TPSA) is 54.7 Å². The Balaban J connectivity index is 2.07. The van der Waals surface area contributed by atoms with Crippen molar-refractivity contribution in [1.29, 1.82) is 0 Å². The summed E-state index contributed by atoms with van der Waals surface area (Å²) in [7, 11) is 0. The van der Waals surface area contributed by atoms with Gasteiger partial charge in [0.1, 0.15) is 5.82 Å². The fraction of sp³-hybridized carbons (Fsp3) is 0.0625. The van der Waals surface area contributed by atoms with Crippen LogP contribution in [-0.4, -0.2) is 9.97 Å². The molecular weight excluding hydrogens is 234 g/mol. The van der Waals surface area contributed by atoms with E-state index in [9.17, 15) is 0 Å². The van der Waals surface area contributed by atoms with E-state index in [2.05, 4.69) is 22.1 Å². The van der Waals surface area contributed by atoms with Gasteiger partial charge in [-0.3, -0.25) is 0 Å². The third-order valence-corrected chi connectivity index (χ3v) is 3.09. The van der Waals surface area contributed by atoms with Gasteiger partial charge in [-0.1, -0.05) is 42.5 Å². The number of aromatic amines is 1. The van der Waals surface area contributed by atoms with E-state index in [0.29, 0.717) is 0 Å². The fourth-order valence-electron chi connectivity index (χ4n) is 2.16. The molecule has 1 heterocycles. The first-order valence-corrected chi connectivity index (χ1v) is 6.22. The smallest absolute Gasteiger partial charge is 0.138 e. The summed E-state index contributed by atoms with van der Waals surface area (Å²) >= 11 is 0. The maximum absolute atomic E-state index is 5.81. The van der Waals surface area contributed by atoms with Crippen LogP contribution in [0.15, 0.2) is 54.6 Å². The van der Waals surface area contributed by atoms with E-state index >= 15 is 0 Å². The molecule has 0 aliphatic carbocycles. The highest BCUT2D eigenvalue weighted by Gasteiger charge is 2.10. The van der Waals surface area contributed by atoms with Crippen molar-refractivity contribution in [2.45, 2.75) is 6.92 Å².